The third-order valence-electron chi connectivity index (χ3n) is 7.42. The molecule has 2 fully saturated rings. The van der Waals surface area contributed by atoms with Crippen molar-refractivity contribution in [2.45, 2.75) is 57.8 Å². The van der Waals surface area contributed by atoms with Crippen LogP contribution in [0, 0.1) is 18.7 Å². The van der Waals surface area contributed by atoms with Crippen molar-refractivity contribution in [2.75, 3.05) is 32.0 Å². The molecule has 0 radical (unpaired) electrons. The summed E-state index contributed by atoms with van der Waals surface area (Å²) < 4.78 is 74.1. The number of ether oxygens (including phenoxy) is 1. The number of nitrogens with zero attached hydrogens (tertiary/aromatic N) is 1. The number of sulfonamides is 1. The molecule has 0 bridgehead atoms. The van der Waals surface area contributed by atoms with Crippen molar-refractivity contribution < 1.29 is 31.1 Å². The highest BCUT2D eigenvalue weighted by Gasteiger charge is 2.31. The van der Waals surface area contributed by atoms with Gasteiger partial charge in [-0.25, -0.2) is 26.3 Å². The van der Waals surface area contributed by atoms with Crippen LogP contribution in [0.25, 0.3) is 0 Å². The number of carbonyl (C=O) groups is 1. The predicted molar refractivity (Wildman–Crippen MR) is 145 cm³/mol. The van der Waals surface area contributed by atoms with Crippen LogP contribution in [-0.4, -0.2) is 57.6 Å². The van der Waals surface area contributed by atoms with E-state index in [0.29, 0.717) is 41.6 Å². The molecule has 4 rings (SSSR count). The summed E-state index contributed by atoms with van der Waals surface area (Å²) >= 11 is 6.11. The second kappa shape index (κ2) is 12.5. The lowest BCUT2D eigenvalue weighted by Gasteiger charge is -2.34. The first-order valence-electron chi connectivity index (χ1n) is 13.2. The molecule has 0 spiro atoms. The van der Waals surface area contributed by atoms with Crippen LogP contribution in [0.5, 0.6) is 5.75 Å². The fourth-order valence-electron chi connectivity index (χ4n) is 4.98. The number of piperidine rings is 1. The van der Waals surface area contributed by atoms with E-state index >= 15 is 0 Å². The Morgan fingerprint density at radius 3 is 2.41 bits per heavy atom. The van der Waals surface area contributed by atoms with Gasteiger partial charge >= 0.3 is 0 Å². The Hall–Kier alpha value is -2.30. The minimum atomic E-state index is -3.82. The van der Waals surface area contributed by atoms with Crippen LogP contribution in [0.1, 0.15) is 71.5 Å². The van der Waals surface area contributed by atoms with E-state index in [-0.39, 0.29) is 29.7 Å². The summed E-state index contributed by atoms with van der Waals surface area (Å²) in [7, 11) is -3.82. The molecule has 1 amide bonds. The van der Waals surface area contributed by atoms with Gasteiger partial charge in [-0.1, -0.05) is 17.7 Å². The predicted octanol–water partition coefficient (Wildman–Crippen LogP) is 5.88. The largest absolute Gasteiger partial charge is 0.493 e. The van der Waals surface area contributed by atoms with Gasteiger partial charge in [-0.05, 0) is 99.3 Å². The van der Waals surface area contributed by atoms with Crippen molar-refractivity contribution in [1.82, 2.24) is 9.62 Å². The normalized spacial score (nSPS) is 17.8. The number of alkyl halides is 2. The summed E-state index contributed by atoms with van der Waals surface area (Å²) in [5, 5.41) is 0.452. The van der Waals surface area contributed by atoms with Gasteiger partial charge in [0.1, 0.15) is 11.6 Å². The number of benzene rings is 2. The van der Waals surface area contributed by atoms with E-state index in [4.69, 9.17) is 16.3 Å². The van der Waals surface area contributed by atoms with Crippen LogP contribution in [0.15, 0.2) is 30.3 Å². The summed E-state index contributed by atoms with van der Waals surface area (Å²) in [5.74, 6) is -2.39. The second-order valence-electron chi connectivity index (χ2n) is 10.5. The van der Waals surface area contributed by atoms with Crippen LogP contribution in [0.3, 0.4) is 0 Å². The number of hydrogen-bond donors (Lipinski definition) is 1. The molecule has 1 aliphatic heterocycles. The average molecular weight is 587 g/mol. The number of aryl methyl sites for hydroxylation is 1. The number of nitrogens with one attached hydrogen (secondary N) is 1. The molecule has 1 atom stereocenters. The summed E-state index contributed by atoms with van der Waals surface area (Å²) in [6, 6.07) is 7.68. The third-order valence-corrected chi connectivity index (χ3v) is 8.90. The van der Waals surface area contributed by atoms with Gasteiger partial charge in [-0.15, -0.1) is 0 Å². The van der Waals surface area contributed by atoms with Crippen LogP contribution in [-0.2, 0) is 10.0 Å². The van der Waals surface area contributed by atoms with Crippen molar-refractivity contribution in [3.63, 3.8) is 0 Å². The van der Waals surface area contributed by atoms with E-state index in [0.717, 1.165) is 37.3 Å². The lowest BCUT2D eigenvalue weighted by molar-refractivity contribution is 0.0733. The van der Waals surface area contributed by atoms with E-state index in [1.54, 1.807) is 18.2 Å². The highest BCUT2D eigenvalue weighted by atomic mass is 35.5. The molecule has 1 saturated carbocycles. The van der Waals surface area contributed by atoms with Gasteiger partial charge in [0.05, 0.1) is 23.8 Å². The monoisotopic (exact) mass is 586 g/mol. The van der Waals surface area contributed by atoms with Gasteiger partial charge in [-0.2, -0.15) is 0 Å². The molecule has 1 heterocycles. The van der Waals surface area contributed by atoms with Gasteiger partial charge in [-0.3, -0.25) is 4.79 Å². The van der Waals surface area contributed by atoms with Gasteiger partial charge in [0.15, 0.2) is 0 Å². The molecule has 214 valence electrons. The van der Waals surface area contributed by atoms with Crippen molar-refractivity contribution >= 4 is 27.5 Å². The number of likely N-dealkylation sites (tertiary alicyclic amines) is 1. The first-order valence-corrected chi connectivity index (χ1v) is 15.3. The minimum absolute atomic E-state index is 0.137. The molecule has 2 aromatic carbocycles. The summed E-state index contributed by atoms with van der Waals surface area (Å²) in [6.45, 7) is 5.09. The maximum atomic E-state index is 14.8. The second-order valence-corrected chi connectivity index (χ2v) is 13.0. The lowest BCUT2D eigenvalue weighted by Crippen LogP contribution is -2.39. The number of hydrogen-bond acceptors (Lipinski definition) is 5. The quantitative estimate of drug-likeness (QED) is 0.356. The van der Waals surface area contributed by atoms with Gasteiger partial charge < -0.3 is 9.64 Å². The summed E-state index contributed by atoms with van der Waals surface area (Å²) in [5.41, 5.74) is 1.77. The molecular formula is C28H34ClF3N2O4S. The first-order chi connectivity index (χ1) is 18.5. The van der Waals surface area contributed by atoms with Crippen molar-refractivity contribution in [1.29, 1.82) is 0 Å². The maximum Gasteiger partial charge on any atom is 0.267 e. The number of halogens is 4. The molecule has 6 nitrogen and oxygen atoms in total. The average Bonchev–Trinajstić information content (AvgIpc) is 3.71. The highest BCUT2D eigenvalue weighted by Crippen LogP contribution is 2.45. The van der Waals surface area contributed by atoms with Crippen molar-refractivity contribution in [2.24, 2.45) is 5.92 Å². The van der Waals surface area contributed by atoms with Crippen LogP contribution < -0.4 is 9.46 Å². The Kier molecular flexibility index (Phi) is 9.49. The maximum absolute atomic E-state index is 14.8. The van der Waals surface area contributed by atoms with E-state index < -0.39 is 34.1 Å². The molecule has 0 unspecified atom stereocenters. The first kappa shape index (κ1) is 29.7. The molecule has 1 aliphatic carbocycles. The molecular weight excluding hydrogens is 553 g/mol. The fraction of sp³-hybridized carbons (Fsp3) is 0.536. The molecule has 11 heteroatoms. The Labute approximate surface area is 232 Å². The van der Waals surface area contributed by atoms with Gasteiger partial charge in [0.25, 0.3) is 5.91 Å². The standard InChI is InChI=1S/C28H34ClF3N2O4S/c1-3-39(36,37)33-28(35)23-13-22(19-4-5-19)26(14-25(23)30)38-16-18-6-8-34(9-7-18)15-24(27(31)32)20-10-17(2)11-21(29)12-20/h10-14,18-19,24,27H,3-9,15-16H2,1-2H3,(H,33,35)/t24-/m1/s1. The van der Waals surface area contributed by atoms with Crippen molar-refractivity contribution in [3.05, 3.63) is 63.4 Å². The van der Waals surface area contributed by atoms with Gasteiger partial charge in [0.2, 0.25) is 16.4 Å². The zero-order valence-corrected chi connectivity index (χ0v) is 23.6. The van der Waals surface area contributed by atoms with E-state index in [1.807, 2.05) is 16.5 Å². The number of amides is 1. The molecule has 0 aromatic heterocycles. The molecule has 2 aliphatic rings. The zero-order valence-electron chi connectivity index (χ0n) is 22.1. The van der Waals surface area contributed by atoms with Crippen LogP contribution >= 0.6 is 11.6 Å². The van der Waals surface area contributed by atoms with E-state index in [1.165, 1.54) is 13.0 Å². The molecule has 1 saturated heterocycles. The summed E-state index contributed by atoms with van der Waals surface area (Å²) in [4.78, 5) is 14.4. The number of rotatable bonds is 11. The Morgan fingerprint density at radius 1 is 1.13 bits per heavy atom. The lowest BCUT2D eigenvalue weighted by atomic mass is 9.93. The Balaban J connectivity index is 1.36. The third kappa shape index (κ3) is 7.89. The highest BCUT2D eigenvalue weighted by molar-refractivity contribution is 7.90. The fourth-order valence-corrected chi connectivity index (χ4v) is 5.82. The van der Waals surface area contributed by atoms with E-state index in [2.05, 4.69) is 0 Å². The molecule has 1 N–H and O–H groups in total. The topological polar surface area (TPSA) is 75.7 Å². The molecule has 39 heavy (non-hydrogen) atoms. The van der Waals surface area contributed by atoms with Crippen LogP contribution in [0.2, 0.25) is 5.02 Å². The van der Waals surface area contributed by atoms with E-state index in [9.17, 15) is 26.4 Å². The number of carbonyl (C=O) groups excluding carboxylic acids is 1. The van der Waals surface area contributed by atoms with Crippen LogP contribution in [0.4, 0.5) is 13.2 Å². The Morgan fingerprint density at radius 2 is 1.82 bits per heavy atom. The van der Waals surface area contributed by atoms with Crippen molar-refractivity contribution in [3.8, 4) is 5.75 Å². The zero-order chi connectivity index (χ0) is 28.3. The SMILES string of the molecule is CCS(=O)(=O)NC(=O)c1cc(C2CC2)c(OCC2CCN(C[C@H](c3cc(C)cc(Cl)c3)C(F)F)CC2)cc1F. The smallest absolute Gasteiger partial charge is 0.267 e. The molecule has 2 aromatic rings. The summed E-state index contributed by atoms with van der Waals surface area (Å²) in [6.07, 6.45) is 0.757. The van der Waals surface area contributed by atoms with Gasteiger partial charge in [0, 0.05) is 17.6 Å². The Bertz CT molecular complexity index is 1280. The minimum Gasteiger partial charge on any atom is -0.493 e.